The van der Waals surface area contributed by atoms with Crippen LogP contribution in [0, 0.1) is 20.8 Å². The lowest BCUT2D eigenvalue weighted by atomic mass is 10.1. The Morgan fingerprint density at radius 2 is 1.58 bits per heavy atom. The predicted molar refractivity (Wildman–Crippen MR) is 105 cm³/mol. The van der Waals surface area contributed by atoms with Crippen LogP contribution in [0.4, 0.5) is 5.69 Å². The molecule has 3 rings (SSSR count). The van der Waals surface area contributed by atoms with Gasteiger partial charge in [0.05, 0.1) is 17.7 Å². The minimum absolute atomic E-state index is 0.377. The third-order valence-electron chi connectivity index (χ3n) is 5.03. The van der Waals surface area contributed by atoms with Crippen LogP contribution in [0.25, 0.3) is 0 Å². The van der Waals surface area contributed by atoms with Crippen molar-refractivity contribution in [3.8, 4) is 5.75 Å². The summed E-state index contributed by atoms with van der Waals surface area (Å²) in [6.07, 6.45) is 0. The van der Waals surface area contributed by atoms with Gasteiger partial charge in [-0.25, -0.2) is 8.42 Å². The average Bonchev–Trinajstić information content (AvgIpc) is 2.64. The van der Waals surface area contributed by atoms with E-state index in [1.807, 2.05) is 39.0 Å². The summed E-state index contributed by atoms with van der Waals surface area (Å²) in [5.74, 6) is 0.820. The number of piperazine rings is 1. The lowest BCUT2D eigenvalue weighted by molar-refractivity contribution is 0.378. The van der Waals surface area contributed by atoms with E-state index in [1.54, 1.807) is 23.5 Å². The SMILES string of the molecule is COc1ccc(C)cc1N1CCN(S(=O)(=O)c2ccc(C)c(C)c2)CC1. The largest absolute Gasteiger partial charge is 0.495 e. The van der Waals surface area contributed by atoms with E-state index >= 15 is 0 Å². The number of hydrogen-bond acceptors (Lipinski definition) is 4. The molecule has 1 heterocycles. The summed E-state index contributed by atoms with van der Waals surface area (Å²) in [6, 6.07) is 11.4. The summed E-state index contributed by atoms with van der Waals surface area (Å²) in [6.45, 7) is 8.19. The van der Waals surface area contributed by atoms with Gasteiger partial charge in [0.15, 0.2) is 0 Å². The molecular formula is C20H26N2O3S. The lowest BCUT2D eigenvalue weighted by Crippen LogP contribution is -2.48. The third kappa shape index (κ3) is 3.57. The van der Waals surface area contributed by atoms with Gasteiger partial charge in [0, 0.05) is 26.2 Å². The Morgan fingerprint density at radius 1 is 0.885 bits per heavy atom. The Kier molecular flexibility index (Phi) is 5.25. The van der Waals surface area contributed by atoms with Crippen LogP contribution >= 0.6 is 0 Å². The molecule has 6 heteroatoms. The molecule has 0 amide bonds. The molecule has 0 saturated carbocycles. The molecule has 0 N–H and O–H groups in total. The highest BCUT2D eigenvalue weighted by Crippen LogP contribution is 2.31. The van der Waals surface area contributed by atoms with Gasteiger partial charge in [-0.3, -0.25) is 0 Å². The Hall–Kier alpha value is -2.05. The second kappa shape index (κ2) is 7.29. The molecule has 140 valence electrons. The fourth-order valence-corrected chi connectivity index (χ4v) is 4.75. The number of anilines is 1. The van der Waals surface area contributed by atoms with Crippen LogP contribution in [0.5, 0.6) is 5.75 Å². The standard InChI is InChI=1S/C20H26N2O3S/c1-15-5-8-20(25-4)19(13-15)21-9-11-22(12-10-21)26(23,24)18-7-6-16(2)17(3)14-18/h5-8,13-14H,9-12H2,1-4H3. The Balaban J connectivity index is 1.78. The highest BCUT2D eigenvalue weighted by Gasteiger charge is 2.29. The molecule has 1 saturated heterocycles. The minimum Gasteiger partial charge on any atom is -0.495 e. The molecule has 1 aliphatic rings. The van der Waals surface area contributed by atoms with Crippen LogP contribution < -0.4 is 9.64 Å². The maximum absolute atomic E-state index is 13.0. The average molecular weight is 375 g/mol. The molecule has 2 aromatic carbocycles. The first-order valence-corrected chi connectivity index (χ1v) is 10.2. The van der Waals surface area contributed by atoms with Crippen molar-refractivity contribution in [2.45, 2.75) is 25.7 Å². The van der Waals surface area contributed by atoms with Gasteiger partial charge in [0.1, 0.15) is 5.75 Å². The van der Waals surface area contributed by atoms with Gasteiger partial charge < -0.3 is 9.64 Å². The van der Waals surface area contributed by atoms with Crippen LogP contribution in [-0.4, -0.2) is 46.0 Å². The second-order valence-electron chi connectivity index (χ2n) is 6.81. The first kappa shape index (κ1) is 18.7. The molecule has 0 spiro atoms. The summed E-state index contributed by atoms with van der Waals surface area (Å²) in [4.78, 5) is 2.57. The minimum atomic E-state index is -3.46. The molecule has 26 heavy (non-hydrogen) atoms. The summed E-state index contributed by atoms with van der Waals surface area (Å²) in [7, 11) is -1.79. The van der Waals surface area contributed by atoms with Crippen molar-refractivity contribution in [1.82, 2.24) is 4.31 Å². The second-order valence-corrected chi connectivity index (χ2v) is 8.75. The molecule has 0 radical (unpaired) electrons. The normalized spacial score (nSPS) is 15.9. The van der Waals surface area contributed by atoms with Gasteiger partial charge in [0.25, 0.3) is 0 Å². The molecule has 0 bridgehead atoms. The molecule has 0 aromatic heterocycles. The maximum Gasteiger partial charge on any atom is 0.243 e. The Bertz CT molecular complexity index is 901. The first-order valence-electron chi connectivity index (χ1n) is 8.80. The molecule has 1 fully saturated rings. The molecule has 1 aliphatic heterocycles. The summed E-state index contributed by atoms with van der Waals surface area (Å²) in [5.41, 5.74) is 4.27. The summed E-state index contributed by atoms with van der Waals surface area (Å²) < 4.78 is 33.0. The number of rotatable bonds is 4. The van der Waals surface area contributed by atoms with Crippen LogP contribution in [0.15, 0.2) is 41.3 Å². The number of nitrogens with zero attached hydrogens (tertiary/aromatic N) is 2. The van der Waals surface area contributed by atoms with Gasteiger partial charge in [-0.05, 0) is 61.7 Å². The number of benzene rings is 2. The smallest absolute Gasteiger partial charge is 0.243 e. The van der Waals surface area contributed by atoms with E-state index in [2.05, 4.69) is 11.0 Å². The zero-order valence-corrected chi connectivity index (χ0v) is 16.6. The monoisotopic (exact) mass is 374 g/mol. The Labute approximate surface area is 156 Å². The van der Waals surface area contributed by atoms with Crippen LogP contribution in [0.2, 0.25) is 0 Å². The van der Waals surface area contributed by atoms with Gasteiger partial charge >= 0.3 is 0 Å². The molecule has 0 atom stereocenters. The fraction of sp³-hybridized carbons (Fsp3) is 0.400. The number of sulfonamides is 1. The van der Waals surface area contributed by atoms with E-state index < -0.39 is 10.0 Å². The van der Waals surface area contributed by atoms with E-state index in [0.717, 1.165) is 28.1 Å². The zero-order valence-electron chi connectivity index (χ0n) is 15.8. The van der Waals surface area contributed by atoms with Gasteiger partial charge in [-0.1, -0.05) is 12.1 Å². The Morgan fingerprint density at radius 3 is 2.19 bits per heavy atom. The van der Waals surface area contributed by atoms with Gasteiger partial charge in [-0.2, -0.15) is 4.31 Å². The maximum atomic E-state index is 13.0. The van der Waals surface area contributed by atoms with Crippen LogP contribution in [-0.2, 0) is 10.0 Å². The molecule has 0 unspecified atom stereocenters. The third-order valence-corrected chi connectivity index (χ3v) is 6.92. The van der Waals surface area contributed by atoms with Crippen molar-refractivity contribution in [3.63, 3.8) is 0 Å². The van der Waals surface area contributed by atoms with E-state index in [4.69, 9.17) is 4.74 Å². The molecule has 2 aromatic rings. The van der Waals surface area contributed by atoms with E-state index in [-0.39, 0.29) is 0 Å². The first-order chi connectivity index (χ1) is 12.3. The number of ether oxygens (including phenoxy) is 1. The number of hydrogen-bond donors (Lipinski definition) is 0. The topological polar surface area (TPSA) is 49.9 Å². The van der Waals surface area contributed by atoms with Gasteiger partial charge in [-0.15, -0.1) is 0 Å². The quantitative estimate of drug-likeness (QED) is 0.825. The van der Waals surface area contributed by atoms with Crippen molar-refractivity contribution >= 4 is 15.7 Å². The van der Waals surface area contributed by atoms with Crippen molar-refractivity contribution in [2.75, 3.05) is 38.2 Å². The van der Waals surface area contributed by atoms with Crippen molar-refractivity contribution in [1.29, 1.82) is 0 Å². The summed E-state index contributed by atoms with van der Waals surface area (Å²) >= 11 is 0. The number of aryl methyl sites for hydroxylation is 3. The fourth-order valence-electron chi connectivity index (χ4n) is 3.24. The van der Waals surface area contributed by atoms with Crippen LogP contribution in [0.1, 0.15) is 16.7 Å². The van der Waals surface area contributed by atoms with Crippen molar-refractivity contribution in [2.24, 2.45) is 0 Å². The van der Waals surface area contributed by atoms with Crippen LogP contribution in [0.3, 0.4) is 0 Å². The van der Waals surface area contributed by atoms with E-state index in [1.165, 1.54) is 0 Å². The highest BCUT2D eigenvalue weighted by atomic mass is 32.2. The summed E-state index contributed by atoms with van der Waals surface area (Å²) in [5, 5.41) is 0. The molecule has 0 aliphatic carbocycles. The van der Waals surface area contributed by atoms with E-state index in [9.17, 15) is 8.42 Å². The van der Waals surface area contributed by atoms with Gasteiger partial charge in [0.2, 0.25) is 10.0 Å². The predicted octanol–water partition coefficient (Wildman–Crippen LogP) is 3.13. The lowest BCUT2D eigenvalue weighted by Gasteiger charge is -2.36. The molecule has 5 nitrogen and oxygen atoms in total. The zero-order chi connectivity index (χ0) is 18.9. The molecular weight excluding hydrogens is 348 g/mol. The van der Waals surface area contributed by atoms with Crippen molar-refractivity contribution in [3.05, 3.63) is 53.1 Å². The number of methoxy groups -OCH3 is 1. The highest BCUT2D eigenvalue weighted by molar-refractivity contribution is 7.89. The van der Waals surface area contributed by atoms with Crippen molar-refractivity contribution < 1.29 is 13.2 Å². The van der Waals surface area contributed by atoms with E-state index in [0.29, 0.717) is 31.1 Å².